The Morgan fingerprint density at radius 1 is 0.600 bits per heavy atom. The summed E-state index contributed by atoms with van der Waals surface area (Å²) >= 11 is 1.92. The molecule has 6 rings (SSSR count). The summed E-state index contributed by atoms with van der Waals surface area (Å²) < 4.78 is 33.9. The van der Waals surface area contributed by atoms with Gasteiger partial charge >= 0.3 is 0 Å². The molecule has 0 saturated carbocycles. The van der Waals surface area contributed by atoms with Crippen LogP contribution in [0.1, 0.15) is 22.3 Å². The van der Waals surface area contributed by atoms with Crippen molar-refractivity contribution in [3.8, 4) is 0 Å². The molecule has 0 aromatic heterocycles. The van der Waals surface area contributed by atoms with E-state index in [-0.39, 0.29) is 23.7 Å². The maximum Gasteiger partial charge on any atom is 0.115 e. The minimum Gasteiger partial charge on any atom is -0.374 e. The number of rotatable bonds is 14. The number of nitrogens with zero attached hydrogens (tertiary/aromatic N) is 1. The summed E-state index contributed by atoms with van der Waals surface area (Å²) in [6.45, 7) is 3.21. The molecule has 2 heterocycles. The molecule has 0 N–H and O–H groups in total. The highest BCUT2D eigenvalue weighted by Gasteiger charge is 2.52. The first-order chi connectivity index (χ1) is 22.2. The lowest BCUT2D eigenvalue weighted by molar-refractivity contribution is -0.276. The fourth-order valence-electron chi connectivity index (χ4n) is 5.97. The van der Waals surface area contributed by atoms with Crippen molar-refractivity contribution < 1.29 is 23.7 Å². The van der Waals surface area contributed by atoms with Crippen LogP contribution in [-0.4, -0.2) is 66.7 Å². The third-order valence-corrected chi connectivity index (χ3v) is 9.76. The van der Waals surface area contributed by atoms with E-state index in [1.807, 2.05) is 84.6 Å². The molecule has 0 bridgehead atoms. The molecule has 6 atom stereocenters. The molecule has 7 heteroatoms. The first kappa shape index (κ1) is 32.0. The molecule has 45 heavy (non-hydrogen) atoms. The summed E-state index contributed by atoms with van der Waals surface area (Å²) in [6, 6.07) is 41.1. The van der Waals surface area contributed by atoms with Gasteiger partial charge in [-0.15, -0.1) is 11.8 Å². The van der Waals surface area contributed by atoms with Crippen LogP contribution in [0, 0.1) is 0 Å². The first-order valence-electron chi connectivity index (χ1n) is 15.8. The van der Waals surface area contributed by atoms with Gasteiger partial charge in [0.25, 0.3) is 0 Å². The van der Waals surface area contributed by atoms with E-state index in [2.05, 4.69) is 60.5 Å². The van der Waals surface area contributed by atoms with Crippen LogP contribution in [0.3, 0.4) is 0 Å². The molecule has 2 saturated heterocycles. The lowest BCUT2D eigenvalue weighted by atomic mass is 9.93. The summed E-state index contributed by atoms with van der Waals surface area (Å²) in [5, 5.41) is 0.125. The van der Waals surface area contributed by atoms with Crippen LogP contribution in [0.5, 0.6) is 0 Å². The zero-order valence-corrected chi connectivity index (χ0v) is 26.7. The number of thioether (sulfide) groups is 1. The Hall–Kier alpha value is -3.01. The van der Waals surface area contributed by atoms with E-state index in [1.54, 1.807) is 0 Å². The van der Waals surface area contributed by atoms with E-state index in [4.69, 9.17) is 23.7 Å². The zero-order valence-electron chi connectivity index (χ0n) is 25.9. The molecule has 0 amide bonds. The van der Waals surface area contributed by atoms with E-state index in [9.17, 15) is 0 Å². The highest BCUT2D eigenvalue weighted by Crippen LogP contribution is 2.38. The van der Waals surface area contributed by atoms with Crippen LogP contribution in [0.2, 0.25) is 0 Å². The van der Waals surface area contributed by atoms with Crippen molar-refractivity contribution in [2.24, 2.45) is 0 Å². The summed E-state index contributed by atoms with van der Waals surface area (Å²) in [4.78, 5) is 2.37. The van der Waals surface area contributed by atoms with Gasteiger partial charge in [-0.1, -0.05) is 121 Å². The number of likely N-dealkylation sites (N-methyl/N-ethyl adjacent to an activating group) is 1. The topological polar surface area (TPSA) is 49.4 Å². The largest absolute Gasteiger partial charge is 0.374 e. The lowest BCUT2D eigenvalue weighted by Crippen LogP contribution is -2.64. The maximum atomic E-state index is 7.05. The SMILES string of the molecule is CN1CCSC1[C@@H]1O[C@H](COCc2ccccc2)[C@@H](OCc2ccccc2)[C@H](OCc2ccccc2)[C@H]1OCc1ccccc1. The van der Waals surface area contributed by atoms with Gasteiger partial charge in [-0.25, -0.2) is 0 Å². The van der Waals surface area contributed by atoms with E-state index in [0.29, 0.717) is 33.0 Å². The third kappa shape index (κ3) is 8.83. The normalized spacial score (nSPS) is 25.4. The van der Waals surface area contributed by atoms with Gasteiger partial charge in [0.05, 0.1) is 38.4 Å². The van der Waals surface area contributed by atoms with E-state index >= 15 is 0 Å². The minimum atomic E-state index is -0.418. The summed E-state index contributed by atoms with van der Waals surface area (Å²) in [6.07, 6.45) is -1.77. The minimum absolute atomic E-state index is 0.125. The van der Waals surface area contributed by atoms with E-state index in [0.717, 1.165) is 34.6 Å². The fraction of sp³-hybridized carbons (Fsp3) is 0.368. The number of hydrogen-bond acceptors (Lipinski definition) is 7. The quantitative estimate of drug-likeness (QED) is 0.154. The first-order valence-corrected chi connectivity index (χ1v) is 16.8. The van der Waals surface area contributed by atoms with Gasteiger partial charge in [0, 0.05) is 12.3 Å². The van der Waals surface area contributed by atoms with Crippen molar-refractivity contribution in [1.29, 1.82) is 0 Å². The van der Waals surface area contributed by atoms with Crippen molar-refractivity contribution in [2.75, 3.05) is 26.0 Å². The Balaban J connectivity index is 1.31. The molecule has 0 spiro atoms. The summed E-state index contributed by atoms with van der Waals surface area (Å²) in [5.74, 6) is 1.05. The van der Waals surface area contributed by atoms with Crippen LogP contribution >= 0.6 is 11.8 Å². The highest BCUT2D eigenvalue weighted by molar-refractivity contribution is 8.00. The Kier molecular flexibility index (Phi) is 11.7. The van der Waals surface area contributed by atoms with Crippen molar-refractivity contribution in [3.05, 3.63) is 144 Å². The van der Waals surface area contributed by atoms with Gasteiger partial charge in [-0.3, -0.25) is 4.90 Å². The van der Waals surface area contributed by atoms with Crippen molar-refractivity contribution in [3.63, 3.8) is 0 Å². The van der Waals surface area contributed by atoms with Gasteiger partial charge in [-0.05, 0) is 29.3 Å². The molecule has 2 aliphatic rings. The number of ether oxygens (including phenoxy) is 5. The molecular weight excluding hydrogens is 582 g/mol. The number of hydrogen-bond donors (Lipinski definition) is 0. The van der Waals surface area contributed by atoms with Crippen molar-refractivity contribution in [2.45, 2.75) is 62.3 Å². The van der Waals surface area contributed by atoms with Crippen LogP contribution in [0.25, 0.3) is 0 Å². The monoisotopic (exact) mass is 625 g/mol. The van der Waals surface area contributed by atoms with Gasteiger partial charge < -0.3 is 23.7 Å². The van der Waals surface area contributed by atoms with Gasteiger partial charge in [0.2, 0.25) is 0 Å². The molecule has 236 valence electrons. The van der Waals surface area contributed by atoms with E-state index in [1.165, 1.54) is 0 Å². The predicted octanol–water partition coefficient (Wildman–Crippen LogP) is 6.73. The second-order valence-electron chi connectivity index (χ2n) is 11.7. The molecule has 2 aliphatic heterocycles. The van der Waals surface area contributed by atoms with Gasteiger partial charge in [-0.2, -0.15) is 0 Å². The maximum absolute atomic E-state index is 7.05. The van der Waals surface area contributed by atoms with Crippen LogP contribution in [-0.2, 0) is 50.1 Å². The zero-order chi connectivity index (χ0) is 30.7. The standard InChI is InChI=1S/C38H43NO5S/c1-39-22-23-45-38(39)37-36(43-27-32-20-12-5-13-21-32)35(42-26-31-18-10-4-11-19-31)34(41-25-30-16-8-3-9-17-30)33(44-37)28-40-24-29-14-6-2-7-15-29/h2-21,33-38H,22-28H2,1H3/t33-,34-,35+,36-,37-,38?/m1/s1. The molecule has 0 radical (unpaired) electrons. The second-order valence-corrected chi connectivity index (χ2v) is 12.9. The van der Waals surface area contributed by atoms with Gasteiger partial charge in [0.1, 0.15) is 30.5 Å². The molecular formula is C38H43NO5S. The smallest absolute Gasteiger partial charge is 0.115 e. The average molecular weight is 626 g/mol. The second kappa shape index (κ2) is 16.5. The molecule has 2 fully saturated rings. The van der Waals surface area contributed by atoms with Crippen molar-refractivity contribution in [1.82, 2.24) is 4.90 Å². The Morgan fingerprint density at radius 3 is 1.51 bits per heavy atom. The van der Waals surface area contributed by atoms with Crippen molar-refractivity contribution >= 4 is 11.8 Å². The van der Waals surface area contributed by atoms with Crippen LogP contribution < -0.4 is 0 Å². The third-order valence-electron chi connectivity index (χ3n) is 8.37. The Labute approximate surface area is 271 Å². The molecule has 0 aliphatic carbocycles. The predicted molar refractivity (Wildman–Crippen MR) is 179 cm³/mol. The Morgan fingerprint density at radius 2 is 1.04 bits per heavy atom. The summed E-state index contributed by atoms with van der Waals surface area (Å²) in [5.41, 5.74) is 4.44. The molecule has 1 unspecified atom stereocenters. The molecule has 4 aromatic rings. The summed E-state index contributed by atoms with van der Waals surface area (Å²) in [7, 11) is 2.17. The van der Waals surface area contributed by atoms with Crippen LogP contribution in [0.4, 0.5) is 0 Å². The lowest BCUT2D eigenvalue weighted by Gasteiger charge is -2.48. The fourth-order valence-corrected chi connectivity index (χ4v) is 7.38. The number of benzene rings is 4. The average Bonchev–Trinajstić information content (AvgIpc) is 3.53. The van der Waals surface area contributed by atoms with Crippen LogP contribution in [0.15, 0.2) is 121 Å². The van der Waals surface area contributed by atoms with E-state index < -0.39 is 12.2 Å². The molecule has 4 aromatic carbocycles. The van der Waals surface area contributed by atoms with Gasteiger partial charge in [0.15, 0.2) is 0 Å². The Bertz CT molecular complexity index is 1400. The highest BCUT2D eigenvalue weighted by atomic mass is 32.2. The molecule has 6 nitrogen and oxygen atoms in total.